The van der Waals surface area contributed by atoms with Crippen LogP contribution in [0.4, 0.5) is 5.69 Å². The number of benzene rings is 7. The molecular formula is C42H30GeN2O2. The molecule has 0 saturated carbocycles. The first-order chi connectivity index (χ1) is 23.2. The van der Waals surface area contributed by atoms with E-state index in [0.717, 1.165) is 33.1 Å². The second-order valence-corrected chi connectivity index (χ2v) is 19.7. The Kier molecular flexibility index (Phi) is 7.27. The quantitative estimate of drug-likeness (QED) is 0.0993. The van der Waals surface area contributed by atoms with Gasteiger partial charge in [-0.3, -0.25) is 0 Å². The van der Waals surface area contributed by atoms with Crippen molar-refractivity contribution >= 4 is 58.3 Å². The van der Waals surface area contributed by atoms with E-state index < -0.39 is 13.3 Å². The molecule has 7 aromatic carbocycles. The van der Waals surface area contributed by atoms with E-state index in [1.165, 1.54) is 17.6 Å². The van der Waals surface area contributed by atoms with Crippen LogP contribution in [0.3, 0.4) is 0 Å². The summed E-state index contributed by atoms with van der Waals surface area (Å²) in [5, 5.41) is 14.1. The Morgan fingerprint density at radius 1 is 0.468 bits per heavy atom. The van der Waals surface area contributed by atoms with Crippen LogP contribution in [0.25, 0.3) is 38.6 Å². The van der Waals surface area contributed by atoms with E-state index in [-0.39, 0.29) is 10.6 Å². The van der Waals surface area contributed by atoms with Gasteiger partial charge in [0.25, 0.3) is 0 Å². The summed E-state index contributed by atoms with van der Waals surface area (Å²) in [4.78, 5) is 11.6. The van der Waals surface area contributed by atoms with Gasteiger partial charge in [0.1, 0.15) is 0 Å². The molecular weight excluding hydrogens is 637 g/mol. The summed E-state index contributed by atoms with van der Waals surface area (Å²) in [5.41, 5.74) is 4.79. The molecule has 0 unspecified atom stereocenters. The first-order valence-corrected chi connectivity index (χ1v) is 19.9. The number of hydrogen-bond donors (Lipinski definition) is 0. The van der Waals surface area contributed by atoms with Gasteiger partial charge in [-0.25, -0.2) is 0 Å². The molecule has 1 aromatic heterocycles. The Bertz CT molecular complexity index is 2290. The van der Waals surface area contributed by atoms with Crippen molar-refractivity contribution in [2.75, 3.05) is 0 Å². The van der Waals surface area contributed by atoms with Crippen molar-refractivity contribution in [1.29, 1.82) is 0 Å². The predicted molar refractivity (Wildman–Crippen MR) is 196 cm³/mol. The fourth-order valence-corrected chi connectivity index (χ4v) is 17.3. The number of rotatable bonds is 7. The third kappa shape index (κ3) is 4.77. The van der Waals surface area contributed by atoms with Crippen LogP contribution in [-0.2, 0) is 0 Å². The number of fused-ring (bicyclic) bond motifs is 3. The maximum absolute atomic E-state index is 11.9. The van der Waals surface area contributed by atoms with Gasteiger partial charge in [0.2, 0.25) is 0 Å². The topological polar surface area (TPSA) is 48.1 Å². The SMILES string of the molecule is O=[N+]([O-])c1ccccc1-c1ccc2c(c1)c1ccccc1n2-c1ccc[c]([Ge]([c]2ccccc2)([c]2ccccc2)[c]2ccccc2)c1. The van der Waals surface area contributed by atoms with E-state index >= 15 is 0 Å². The zero-order valence-corrected chi connectivity index (χ0v) is 27.6. The fourth-order valence-electron chi connectivity index (χ4n) is 7.24. The number of aromatic nitrogens is 1. The summed E-state index contributed by atoms with van der Waals surface area (Å²) >= 11 is -3.48. The van der Waals surface area contributed by atoms with Gasteiger partial charge in [-0.05, 0) is 0 Å². The van der Waals surface area contributed by atoms with Crippen LogP contribution in [0.15, 0.2) is 182 Å². The Morgan fingerprint density at radius 3 is 1.64 bits per heavy atom. The number of para-hydroxylation sites is 2. The minimum absolute atomic E-state index is 0.106. The van der Waals surface area contributed by atoms with E-state index in [0.29, 0.717) is 5.56 Å². The molecule has 0 fully saturated rings. The van der Waals surface area contributed by atoms with Gasteiger partial charge < -0.3 is 0 Å². The Hall–Kier alpha value is -5.72. The van der Waals surface area contributed by atoms with Crippen molar-refractivity contribution in [3.05, 3.63) is 192 Å². The maximum atomic E-state index is 11.9. The van der Waals surface area contributed by atoms with Crippen molar-refractivity contribution in [3.63, 3.8) is 0 Å². The third-order valence-electron chi connectivity index (χ3n) is 9.24. The molecule has 5 heteroatoms. The fraction of sp³-hybridized carbons (Fsp3) is 0. The second-order valence-electron chi connectivity index (χ2n) is 11.8. The van der Waals surface area contributed by atoms with Gasteiger partial charge in [0.05, 0.1) is 0 Å². The first-order valence-electron chi connectivity index (χ1n) is 15.7. The van der Waals surface area contributed by atoms with Crippen molar-refractivity contribution in [3.8, 4) is 16.8 Å². The Labute approximate surface area is 275 Å². The number of nitro groups is 1. The van der Waals surface area contributed by atoms with Gasteiger partial charge in [0, 0.05) is 0 Å². The summed E-state index contributed by atoms with van der Waals surface area (Å²) in [6.45, 7) is 0. The summed E-state index contributed by atoms with van der Waals surface area (Å²) in [6.07, 6.45) is 0. The molecule has 0 bridgehead atoms. The standard InChI is InChI=1S/C42H30GeN2O2/c46-45(47)42-26-13-10-23-37(42)31-27-28-41-39(29-31)38-24-11-12-25-40(38)44(41)36-22-14-21-35(30-36)43(32-15-4-1-5-16-32,33-17-6-2-7-18-33)34-19-8-3-9-20-34/h1-30H. The van der Waals surface area contributed by atoms with Gasteiger partial charge in [-0.1, -0.05) is 0 Å². The second kappa shape index (κ2) is 11.9. The molecule has 0 aliphatic carbocycles. The summed E-state index contributed by atoms with van der Waals surface area (Å²) in [5.74, 6) is 0. The van der Waals surface area contributed by atoms with Crippen molar-refractivity contribution in [2.24, 2.45) is 0 Å². The van der Waals surface area contributed by atoms with Crippen molar-refractivity contribution in [1.82, 2.24) is 4.57 Å². The van der Waals surface area contributed by atoms with Crippen LogP contribution in [0.2, 0.25) is 0 Å². The molecule has 0 spiro atoms. The normalized spacial score (nSPS) is 11.6. The van der Waals surface area contributed by atoms with E-state index in [1.807, 2.05) is 18.2 Å². The third-order valence-corrected chi connectivity index (χ3v) is 19.3. The van der Waals surface area contributed by atoms with Crippen molar-refractivity contribution < 1.29 is 4.92 Å². The monoisotopic (exact) mass is 668 g/mol. The molecule has 47 heavy (non-hydrogen) atoms. The molecule has 8 rings (SSSR count). The first kappa shape index (κ1) is 28.7. The van der Waals surface area contributed by atoms with E-state index in [2.05, 4.69) is 156 Å². The molecule has 0 amide bonds. The average Bonchev–Trinajstić information content (AvgIpc) is 3.47. The molecule has 224 valence electrons. The van der Waals surface area contributed by atoms with Gasteiger partial charge in [-0.15, -0.1) is 0 Å². The molecule has 0 aliphatic rings. The molecule has 0 saturated heterocycles. The van der Waals surface area contributed by atoms with Crippen LogP contribution in [0.1, 0.15) is 0 Å². The van der Waals surface area contributed by atoms with Crippen molar-refractivity contribution in [2.45, 2.75) is 0 Å². The van der Waals surface area contributed by atoms with Crippen LogP contribution >= 0.6 is 0 Å². The average molecular weight is 667 g/mol. The van der Waals surface area contributed by atoms with Gasteiger partial charge >= 0.3 is 277 Å². The predicted octanol–water partition coefficient (Wildman–Crippen LogP) is 7.74. The van der Waals surface area contributed by atoms with Gasteiger partial charge in [-0.2, -0.15) is 0 Å². The Morgan fingerprint density at radius 2 is 1.00 bits per heavy atom. The zero-order valence-electron chi connectivity index (χ0n) is 25.5. The van der Waals surface area contributed by atoms with E-state index in [4.69, 9.17) is 0 Å². The summed E-state index contributed by atoms with van der Waals surface area (Å²) < 4.78 is 7.80. The molecule has 0 aliphatic heterocycles. The molecule has 0 atom stereocenters. The summed E-state index contributed by atoms with van der Waals surface area (Å²) in [6, 6.07) is 63.8. The van der Waals surface area contributed by atoms with Crippen LogP contribution in [0.5, 0.6) is 0 Å². The van der Waals surface area contributed by atoms with E-state index in [9.17, 15) is 10.1 Å². The van der Waals surface area contributed by atoms with Crippen LogP contribution < -0.4 is 17.6 Å². The molecule has 4 nitrogen and oxygen atoms in total. The molecule has 8 aromatic rings. The number of hydrogen-bond acceptors (Lipinski definition) is 2. The number of nitro benzene ring substituents is 1. The molecule has 0 N–H and O–H groups in total. The molecule has 0 radical (unpaired) electrons. The zero-order chi connectivity index (χ0) is 31.8. The summed E-state index contributed by atoms with van der Waals surface area (Å²) in [7, 11) is 0. The van der Waals surface area contributed by atoms with Crippen LogP contribution in [-0.4, -0.2) is 22.8 Å². The minimum atomic E-state index is -3.48. The molecule has 1 heterocycles. The number of nitrogens with zero attached hydrogens (tertiary/aromatic N) is 2. The Balaban J connectivity index is 1.40. The van der Waals surface area contributed by atoms with Gasteiger partial charge in [0.15, 0.2) is 0 Å². The van der Waals surface area contributed by atoms with Crippen LogP contribution in [0, 0.1) is 10.1 Å². The van der Waals surface area contributed by atoms with E-state index in [1.54, 1.807) is 12.1 Å².